The normalized spacial score (nSPS) is 12.6. The van der Waals surface area contributed by atoms with Crippen LogP contribution in [0.15, 0.2) is 60.7 Å². The Kier molecular flexibility index (Phi) is 5.53. The number of nitrogens with one attached hydrogen (secondary N) is 1. The number of carbonyl (C=O) groups is 3. The second-order valence-electron chi connectivity index (χ2n) is 7.22. The molecule has 0 radical (unpaired) electrons. The molecular weight excluding hydrogens is 464 g/mol. The van der Waals surface area contributed by atoms with E-state index in [1.807, 2.05) is 12.1 Å². The van der Waals surface area contributed by atoms with Crippen molar-refractivity contribution in [1.29, 1.82) is 0 Å². The van der Waals surface area contributed by atoms with Gasteiger partial charge in [-0.3, -0.25) is 9.59 Å². The number of hydrogen-bond donors (Lipinski definition) is 1. The zero-order valence-electron chi connectivity index (χ0n) is 17.0. The Bertz CT molecular complexity index is 1430. The molecule has 0 saturated carbocycles. The Morgan fingerprint density at radius 3 is 2.79 bits per heavy atom. The number of ketones is 1. The van der Waals surface area contributed by atoms with E-state index in [9.17, 15) is 14.4 Å². The van der Waals surface area contributed by atoms with Crippen molar-refractivity contribution in [3.63, 3.8) is 0 Å². The maximum Gasteiger partial charge on any atom is 0.339 e. The average Bonchev–Trinajstić information content (AvgIpc) is 3.27. The van der Waals surface area contributed by atoms with Crippen molar-refractivity contribution in [2.75, 3.05) is 18.5 Å². The number of ether oxygens (including phenoxy) is 2. The van der Waals surface area contributed by atoms with Crippen LogP contribution in [0.4, 0.5) is 5.69 Å². The van der Waals surface area contributed by atoms with Gasteiger partial charge in [0.25, 0.3) is 5.91 Å². The van der Waals surface area contributed by atoms with E-state index in [0.717, 1.165) is 4.88 Å². The Hall–Kier alpha value is -3.75. The van der Waals surface area contributed by atoms with Crippen LogP contribution in [0.2, 0.25) is 4.34 Å². The third-order valence-electron chi connectivity index (χ3n) is 5.03. The van der Waals surface area contributed by atoms with Gasteiger partial charge in [-0.1, -0.05) is 29.8 Å². The first-order valence-corrected chi connectivity index (χ1v) is 11.1. The van der Waals surface area contributed by atoms with Crippen molar-refractivity contribution in [3.8, 4) is 16.3 Å². The molecule has 0 saturated heterocycles. The Morgan fingerprint density at radius 1 is 1.12 bits per heavy atom. The molecule has 2 aromatic carbocycles. The third kappa shape index (κ3) is 4.30. The number of nitrogens with zero attached hydrogens (tertiary/aromatic N) is 1. The van der Waals surface area contributed by atoms with Crippen LogP contribution >= 0.6 is 22.9 Å². The molecule has 0 fully saturated rings. The van der Waals surface area contributed by atoms with Gasteiger partial charge in [-0.25, -0.2) is 9.78 Å². The Balaban J connectivity index is 1.39. The summed E-state index contributed by atoms with van der Waals surface area (Å²) >= 11 is 7.41. The molecule has 1 aliphatic rings. The fourth-order valence-electron chi connectivity index (χ4n) is 3.47. The minimum Gasteiger partial charge on any atom is -0.482 e. The zero-order chi connectivity index (χ0) is 22.9. The number of amides is 1. The van der Waals surface area contributed by atoms with Crippen molar-refractivity contribution in [1.82, 2.24) is 4.98 Å². The van der Waals surface area contributed by atoms with Crippen LogP contribution in [-0.4, -0.2) is 35.9 Å². The van der Waals surface area contributed by atoms with Crippen LogP contribution in [-0.2, 0) is 9.53 Å². The van der Waals surface area contributed by atoms with Crippen LogP contribution in [0.5, 0.6) is 5.75 Å². The molecule has 1 amide bonds. The summed E-state index contributed by atoms with van der Waals surface area (Å²) in [6, 6.07) is 17.1. The van der Waals surface area contributed by atoms with E-state index in [1.165, 1.54) is 17.4 Å². The largest absolute Gasteiger partial charge is 0.482 e. The summed E-state index contributed by atoms with van der Waals surface area (Å²) in [7, 11) is 0. The smallest absolute Gasteiger partial charge is 0.339 e. The number of aromatic nitrogens is 1. The second-order valence-corrected chi connectivity index (χ2v) is 8.94. The summed E-state index contributed by atoms with van der Waals surface area (Å²) in [6.45, 7) is -0.527. The lowest BCUT2D eigenvalue weighted by Crippen LogP contribution is -2.25. The van der Waals surface area contributed by atoms with Crippen LogP contribution in [0.3, 0.4) is 0 Å². The van der Waals surface area contributed by atoms with Gasteiger partial charge >= 0.3 is 5.97 Å². The topological polar surface area (TPSA) is 94.6 Å². The van der Waals surface area contributed by atoms with Crippen molar-refractivity contribution in [2.24, 2.45) is 0 Å². The van der Waals surface area contributed by atoms with Gasteiger partial charge in [-0.05, 0) is 42.5 Å². The highest BCUT2D eigenvalue weighted by Gasteiger charge is 2.20. The number of anilines is 1. The van der Waals surface area contributed by atoms with Gasteiger partial charge in [0.2, 0.25) is 0 Å². The van der Waals surface area contributed by atoms with E-state index >= 15 is 0 Å². The monoisotopic (exact) mass is 478 g/mol. The van der Waals surface area contributed by atoms with Crippen molar-refractivity contribution >= 4 is 57.2 Å². The lowest BCUT2D eigenvalue weighted by atomic mass is 10.1. The third-order valence-corrected chi connectivity index (χ3v) is 6.28. The highest BCUT2D eigenvalue weighted by Crippen LogP contribution is 2.33. The summed E-state index contributed by atoms with van der Waals surface area (Å²) in [4.78, 5) is 42.6. The minimum absolute atomic E-state index is 0.0720. The van der Waals surface area contributed by atoms with Crippen molar-refractivity contribution < 1.29 is 23.9 Å². The molecule has 0 aliphatic carbocycles. The van der Waals surface area contributed by atoms with Gasteiger partial charge < -0.3 is 14.8 Å². The van der Waals surface area contributed by atoms with E-state index in [4.69, 9.17) is 21.1 Å². The minimum atomic E-state index is -0.638. The number of benzene rings is 2. The Morgan fingerprint density at radius 2 is 1.97 bits per heavy atom. The first-order chi connectivity index (χ1) is 16.0. The SMILES string of the molecule is O=C1COc2ccc(C(=O)COC(=O)c3cc(-c4ccc(Cl)s4)nc4ccccc34)cc2N1. The van der Waals surface area contributed by atoms with Crippen LogP contribution in [0.1, 0.15) is 20.7 Å². The average molecular weight is 479 g/mol. The molecule has 9 heteroatoms. The van der Waals surface area contributed by atoms with Crippen LogP contribution in [0.25, 0.3) is 21.5 Å². The standard InChI is InChI=1S/C24H15ClN2O5S/c25-22-8-7-21(33-22)18-10-15(14-3-1-2-4-16(14)26-18)24(30)32-11-19(28)13-5-6-20-17(9-13)27-23(29)12-31-20/h1-10H,11-12H2,(H,27,29). The summed E-state index contributed by atoms with van der Waals surface area (Å²) in [5.41, 5.74) is 2.22. The molecule has 2 aromatic heterocycles. The quantitative estimate of drug-likeness (QED) is 0.321. The number of halogens is 1. The number of thiophene rings is 1. The summed E-state index contributed by atoms with van der Waals surface area (Å²) < 4.78 is 11.3. The molecule has 0 bridgehead atoms. The second kappa shape index (κ2) is 8.65. The number of esters is 1. The van der Waals surface area contributed by atoms with Gasteiger partial charge in [0.05, 0.1) is 31.7 Å². The fourth-order valence-corrected chi connectivity index (χ4v) is 4.47. The predicted octanol–water partition coefficient (Wildman–Crippen LogP) is 4.99. The van der Waals surface area contributed by atoms with Crippen molar-refractivity contribution in [3.05, 3.63) is 76.1 Å². The highest BCUT2D eigenvalue weighted by atomic mass is 35.5. The van der Waals surface area contributed by atoms with Crippen molar-refractivity contribution in [2.45, 2.75) is 0 Å². The molecular formula is C24H15ClN2O5S. The maximum atomic E-state index is 13.0. The first kappa shape index (κ1) is 21.1. The molecule has 0 atom stereocenters. The van der Waals surface area contributed by atoms with Gasteiger partial charge in [0, 0.05) is 10.9 Å². The summed E-state index contributed by atoms with van der Waals surface area (Å²) in [5.74, 6) is -0.867. The molecule has 0 unspecified atom stereocenters. The predicted molar refractivity (Wildman–Crippen MR) is 125 cm³/mol. The lowest BCUT2D eigenvalue weighted by Gasteiger charge is -2.18. The number of pyridine rings is 1. The number of para-hydroxylation sites is 1. The molecule has 5 rings (SSSR count). The molecule has 164 valence electrons. The number of fused-ring (bicyclic) bond motifs is 2. The molecule has 1 N–H and O–H groups in total. The number of Topliss-reactive ketones (excluding diaryl/α,β-unsaturated/α-hetero) is 1. The molecule has 4 aromatic rings. The molecule has 0 spiro atoms. The lowest BCUT2D eigenvalue weighted by molar-refractivity contribution is -0.118. The molecule has 1 aliphatic heterocycles. The highest BCUT2D eigenvalue weighted by molar-refractivity contribution is 7.19. The van der Waals surface area contributed by atoms with Crippen LogP contribution in [0, 0.1) is 0 Å². The number of carbonyl (C=O) groups excluding carboxylic acids is 3. The van der Waals surface area contributed by atoms with E-state index < -0.39 is 18.4 Å². The molecule has 7 nitrogen and oxygen atoms in total. The first-order valence-electron chi connectivity index (χ1n) is 9.90. The van der Waals surface area contributed by atoms with Gasteiger partial charge in [-0.15, -0.1) is 11.3 Å². The van der Waals surface area contributed by atoms with E-state index in [0.29, 0.717) is 43.5 Å². The fraction of sp³-hybridized carbons (Fsp3) is 0.0833. The summed E-state index contributed by atoms with van der Waals surface area (Å²) in [5, 5.41) is 3.27. The van der Waals surface area contributed by atoms with Gasteiger partial charge in [0.1, 0.15) is 5.75 Å². The molecule has 3 heterocycles. The maximum absolute atomic E-state index is 13.0. The summed E-state index contributed by atoms with van der Waals surface area (Å²) in [6.07, 6.45) is 0. The Labute approximate surface area is 196 Å². The van der Waals surface area contributed by atoms with Crippen LogP contribution < -0.4 is 10.1 Å². The number of rotatable bonds is 5. The van der Waals surface area contributed by atoms with Gasteiger partial charge in [0.15, 0.2) is 19.0 Å². The van der Waals surface area contributed by atoms with Gasteiger partial charge in [-0.2, -0.15) is 0 Å². The molecule has 33 heavy (non-hydrogen) atoms. The number of hydrogen-bond acceptors (Lipinski definition) is 7. The van der Waals surface area contributed by atoms with E-state index in [2.05, 4.69) is 10.3 Å². The van der Waals surface area contributed by atoms with E-state index in [-0.39, 0.29) is 12.5 Å². The van der Waals surface area contributed by atoms with E-state index in [1.54, 1.807) is 42.5 Å². The zero-order valence-corrected chi connectivity index (χ0v) is 18.5.